The Balaban J connectivity index is 2.81. The molecule has 1 aromatic rings. The SMILES string of the molecule is COCCN(CCOC)c1ncccc1CNC(C)C. The van der Waals surface area contributed by atoms with Crippen LogP contribution in [0.2, 0.25) is 0 Å². The number of pyridine rings is 1. The molecule has 0 bridgehead atoms. The minimum atomic E-state index is 0.453. The molecule has 5 heteroatoms. The normalized spacial score (nSPS) is 11.1. The standard InChI is InChI=1S/C15H27N3O2/c1-13(2)17-12-14-6-5-7-16-15(14)18(8-10-19-3)9-11-20-4/h5-7,13,17H,8-12H2,1-4H3. The Hall–Kier alpha value is -1.17. The minimum Gasteiger partial charge on any atom is -0.383 e. The highest BCUT2D eigenvalue weighted by Crippen LogP contribution is 2.17. The third kappa shape index (κ3) is 5.86. The quantitative estimate of drug-likeness (QED) is 0.707. The fourth-order valence-corrected chi connectivity index (χ4v) is 1.89. The maximum absolute atomic E-state index is 5.19. The molecule has 0 aliphatic carbocycles. The van der Waals surface area contributed by atoms with Gasteiger partial charge in [-0.1, -0.05) is 19.9 Å². The van der Waals surface area contributed by atoms with Gasteiger partial charge >= 0.3 is 0 Å². The first-order valence-electron chi connectivity index (χ1n) is 7.09. The van der Waals surface area contributed by atoms with E-state index in [9.17, 15) is 0 Å². The largest absolute Gasteiger partial charge is 0.383 e. The van der Waals surface area contributed by atoms with E-state index >= 15 is 0 Å². The first-order valence-corrected chi connectivity index (χ1v) is 7.09. The molecule has 1 aromatic heterocycles. The molecule has 5 nitrogen and oxygen atoms in total. The van der Waals surface area contributed by atoms with Crippen molar-refractivity contribution in [2.24, 2.45) is 0 Å². The monoisotopic (exact) mass is 281 g/mol. The van der Waals surface area contributed by atoms with Gasteiger partial charge in [0.1, 0.15) is 5.82 Å². The van der Waals surface area contributed by atoms with Gasteiger partial charge in [0.25, 0.3) is 0 Å². The summed E-state index contributed by atoms with van der Waals surface area (Å²) < 4.78 is 10.4. The fraction of sp³-hybridized carbons (Fsp3) is 0.667. The molecule has 0 fully saturated rings. The van der Waals surface area contributed by atoms with Crippen molar-refractivity contribution >= 4 is 5.82 Å². The average molecular weight is 281 g/mol. The summed E-state index contributed by atoms with van der Waals surface area (Å²) in [4.78, 5) is 6.75. The molecule has 0 amide bonds. The molecule has 0 atom stereocenters. The number of aromatic nitrogens is 1. The van der Waals surface area contributed by atoms with Crippen molar-refractivity contribution in [2.75, 3.05) is 45.4 Å². The summed E-state index contributed by atoms with van der Waals surface area (Å²) in [6, 6.07) is 4.55. The first-order chi connectivity index (χ1) is 9.69. The third-order valence-corrected chi connectivity index (χ3v) is 3.00. The van der Waals surface area contributed by atoms with E-state index in [-0.39, 0.29) is 0 Å². The molecule has 1 heterocycles. The summed E-state index contributed by atoms with van der Waals surface area (Å²) in [7, 11) is 3.43. The predicted octanol–water partition coefficient (Wildman–Crippen LogP) is 1.68. The molecule has 0 aliphatic heterocycles. The number of nitrogens with zero attached hydrogens (tertiary/aromatic N) is 2. The summed E-state index contributed by atoms with van der Waals surface area (Å²) >= 11 is 0. The Bertz CT molecular complexity index is 364. The number of rotatable bonds is 10. The Kier molecular flexibility index (Phi) is 8.18. The molecule has 20 heavy (non-hydrogen) atoms. The summed E-state index contributed by atoms with van der Waals surface area (Å²) in [6.07, 6.45) is 1.83. The second kappa shape index (κ2) is 9.69. The van der Waals surface area contributed by atoms with Crippen molar-refractivity contribution in [3.63, 3.8) is 0 Å². The van der Waals surface area contributed by atoms with Gasteiger partial charge < -0.3 is 19.7 Å². The highest BCUT2D eigenvalue weighted by atomic mass is 16.5. The van der Waals surface area contributed by atoms with Crippen molar-refractivity contribution in [1.82, 2.24) is 10.3 Å². The zero-order chi connectivity index (χ0) is 14.8. The van der Waals surface area contributed by atoms with Gasteiger partial charge in [-0.15, -0.1) is 0 Å². The van der Waals surface area contributed by atoms with E-state index in [1.54, 1.807) is 14.2 Å². The molecular formula is C15H27N3O2. The van der Waals surface area contributed by atoms with E-state index in [0.717, 1.165) is 25.5 Å². The van der Waals surface area contributed by atoms with Crippen molar-refractivity contribution < 1.29 is 9.47 Å². The summed E-state index contributed by atoms with van der Waals surface area (Å²) in [5.41, 5.74) is 1.20. The van der Waals surface area contributed by atoms with E-state index in [0.29, 0.717) is 19.3 Å². The maximum atomic E-state index is 5.19. The zero-order valence-electron chi connectivity index (χ0n) is 13.1. The number of ether oxygens (including phenoxy) is 2. The smallest absolute Gasteiger partial charge is 0.133 e. The fourth-order valence-electron chi connectivity index (χ4n) is 1.89. The lowest BCUT2D eigenvalue weighted by atomic mass is 10.2. The molecule has 1 N–H and O–H groups in total. The first kappa shape index (κ1) is 16.9. The van der Waals surface area contributed by atoms with Crippen LogP contribution < -0.4 is 10.2 Å². The maximum Gasteiger partial charge on any atom is 0.133 e. The molecule has 0 spiro atoms. The van der Waals surface area contributed by atoms with Crippen LogP contribution in [-0.4, -0.2) is 51.5 Å². The molecule has 0 aliphatic rings. The Labute approximate surface area is 122 Å². The lowest BCUT2D eigenvalue weighted by Crippen LogP contribution is -2.33. The summed E-state index contributed by atoms with van der Waals surface area (Å²) in [5.74, 6) is 1.01. The van der Waals surface area contributed by atoms with Gasteiger partial charge in [-0.2, -0.15) is 0 Å². The van der Waals surface area contributed by atoms with E-state index in [1.165, 1.54) is 5.56 Å². The van der Waals surface area contributed by atoms with Crippen LogP contribution in [0.1, 0.15) is 19.4 Å². The van der Waals surface area contributed by atoms with Crippen molar-refractivity contribution in [3.05, 3.63) is 23.9 Å². The van der Waals surface area contributed by atoms with Gasteiger partial charge in [-0.25, -0.2) is 4.98 Å². The highest BCUT2D eigenvalue weighted by Gasteiger charge is 2.12. The van der Waals surface area contributed by atoms with Crippen LogP contribution in [0.15, 0.2) is 18.3 Å². The Morgan fingerprint density at radius 2 is 1.85 bits per heavy atom. The molecule has 0 aromatic carbocycles. The highest BCUT2D eigenvalue weighted by molar-refractivity contribution is 5.46. The van der Waals surface area contributed by atoms with Crippen molar-refractivity contribution in [3.8, 4) is 0 Å². The molecule has 114 valence electrons. The average Bonchev–Trinajstić information content (AvgIpc) is 2.46. The van der Waals surface area contributed by atoms with Gasteiger partial charge in [-0.05, 0) is 6.07 Å². The molecule has 0 saturated carbocycles. The van der Waals surface area contributed by atoms with Gasteiger partial charge in [-0.3, -0.25) is 0 Å². The topological polar surface area (TPSA) is 46.6 Å². The molecule has 0 saturated heterocycles. The molecule has 1 rings (SSSR count). The van der Waals surface area contributed by atoms with Gasteiger partial charge in [0, 0.05) is 51.7 Å². The molecule has 0 unspecified atom stereocenters. The van der Waals surface area contributed by atoms with Crippen LogP contribution in [-0.2, 0) is 16.0 Å². The Morgan fingerprint density at radius 1 is 1.20 bits per heavy atom. The molecular weight excluding hydrogens is 254 g/mol. The van der Waals surface area contributed by atoms with E-state index < -0.39 is 0 Å². The number of anilines is 1. The predicted molar refractivity (Wildman–Crippen MR) is 82.2 cm³/mol. The van der Waals surface area contributed by atoms with Crippen LogP contribution >= 0.6 is 0 Å². The second-order valence-corrected chi connectivity index (χ2v) is 4.99. The summed E-state index contributed by atoms with van der Waals surface area (Å²) in [5, 5.41) is 3.44. The van der Waals surface area contributed by atoms with Crippen molar-refractivity contribution in [2.45, 2.75) is 26.4 Å². The number of hydrogen-bond acceptors (Lipinski definition) is 5. The van der Waals surface area contributed by atoms with Crippen LogP contribution in [0.3, 0.4) is 0 Å². The number of nitrogens with one attached hydrogen (secondary N) is 1. The van der Waals surface area contributed by atoms with E-state index in [4.69, 9.17) is 9.47 Å². The molecule has 0 radical (unpaired) electrons. The third-order valence-electron chi connectivity index (χ3n) is 3.00. The lowest BCUT2D eigenvalue weighted by molar-refractivity contribution is 0.190. The Morgan fingerprint density at radius 3 is 2.40 bits per heavy atom. The van der Waals surface area contributed by atoms with Crippen molar-refractivity contribution in [1.29, 1.82) is 0 Å². The second-order valence-electron chi connectivity index (χ2n) is 4.99. The van der Waals surface area contributed by atoms with Gasteiger partial charge in [0.15, 0.2) is 0 Å². The minimum absolute atomic E-state index is 0.453. The van der Waals surface area contributed by atoms with Crippen LogP contribution in [0, 0.1) is 0 Å². The number of hydrogen-bond donors (Lipinski definition) is 1. The van der Waals surface area contributed by atoms with E-state index in [2.05, 4.69) is 35.1 Å². The van der Waals surface area contributed by atoms with Crippen LogP contribution in [0.25, 0.3) is 0 Å². The zero-order valence-corrected chi connectivity index (χ0v) is 13.1. The number of methoxy groups -OCH3 is 2. The van der Waals surface area contributed by atoms with Gasteiger partial charge in [0.2, 0.25) is 0 Å². The van der Waals surface area contributed by atoms with Gasteiger partial charge in [0.05, 0.1) is 13.2 Å². The van der Waals surface area contributed by atoms with Crippen LogP contribution in [0.5, 0.6) is 0 Å². The van der Waals surface area contributed by atoms with Crippen LogP contribution in [0.4, 0.5) is 5.82 Å². The lowest BCUT2D eigenvalue weighted by Gasteiger charge is -2.25. The van der Waals surface area contributed by atoms with E-state index in [1.807, 2.05) is 12.3 Å². The summed E-state index contributed by atoms with van der Waals surface area (Å²) in [6.45, 7) is 8.08.